The second-order valence-corrected chi connectivity index (χ2v) is 7.61. The number of aromatic hydroxyl groups is 1. The second kappa shape index (κ2) is 6.78. The summed E-state index contributed by atoms with van der Waals surface area (Å²) in [6.07, 6.45) is 1.37. The molecule has 1 atom stereocenters. The van der Waals surface area contributed by atoms with Crippen molar-refractivity contribution < 1.29 is 23.5 Å². The van der Waals surface area contributed by atoms with Gasteiger partial charge >= 0.3 is 5.97 Å². The van der Waals surface area contributed by atoms with Crippen LogP contribution in [0.1, 0.15) is 29.4 Å². The van der Waals surface area contributed by atoms with Crippen molar-refractivity contribution in [3.63, 3.8) is 0 Å². The maximum atomic E-state index is 13.2. The number of ether oxygens (including phenoxy) is 1. The average molecular weight is 423 g/mol. The normalized spacial score (nSPS) is 15.8. The molecule has 0 saturated carbocycles. The molecule has 0 saturated heterocycles. The van der Waals surface area contributed by atoms with Gasteiger partial charge in [-0.05, 0) is 36.8 Å². The molecule has 4 aromatic rings. The third-order valence-corrected chi connectivity index (χ3v) is 5.48. The van der Waals surface area contributed by atoms with Gasteiger partial charge in [0.1, 0.15) is 40.3 Å². The third-order valence-electron chi connectivity index (χ3n) is 5.23. The van der Waals surface area contributed by atoms with E-state index in [4.69, 9.17) is 25.2 Å². The molecular formula is C23H15ClO6. The number of carbonyl (C=O) groups is 1. The maximum absolute atomic E-state index is 13.2. The van der Waals surface area contributed by atoms with E-state index in [2.05, 4.69) is 0 Å². The highest BCUT2D eigenvalue weighted by Gasteiger charge is 2.35. The summed E-state index contributed by atoms with van der Waals surface area (Å²) in [5, 5.41) is 11.1. The van der Waals surface area contributed by atoms with Crippen molar-refractivity contribution in [2.45, 2.75) is 19.3 Å². The molecule has 7 heteroatoms. The summed E-state index contributed by atoms with van der Waals surface area (Å²) in [4.78, 5) is 25.4. The lowest BCUT2D eigenvalue weighted by Crippen LogP contribution is -2.21. The van der Waals surface area contributed by atoms with Crippen molar-refractivity contribution in [1.29, 1.82) is 0 Å². The molecular weight excluding hydrogens is 408 g/mol. The van der Waals surface area contributed by atoms with E-state index in [9.17, 15) is 14.7 Å². The molecule has 0 spiro atoms. The van der Waals surface area contributed by atoms with Gasteiger partial charge in [-0.15, -0.1) is 0 Å². The monoisotopic (exact) mass is 422 g/mol. The van der Waals surface area contributed by atoms with E-state index in [1.807, 2.05) is 0 Å². The largest absolute Gasteiger partial charge is 0.507 e. The van der Waals surface area contributed by atoms with Crippen LogP contribution in [-0.4, -0.2) is 11.1 Å². The minimum atomic E-state index is -0.498. The van der Waals surface area contributed by atoms with E-state index >= 15 is 0 Å². The Bertz CT molecular complexity index is 1360. The van der Waals surface area contributed by atoms with Crippen LogP contribution in [0.3, 0.4) is 0 Å². The summed E-state index contributed by atoms with van der Waals surface area (Å²) in [6, 6.07) is 11.6. The first-order chi connectivity index (χ1) is 14.4. The van der Waals surface area contributed by atoms with E-state index in [-0.39, 0.29) is 34.5 Å². The molecule has 6 nitrogen and oxygen atoms in total. The molecule has 0 aliphatic carbocycles. The number of phenols is 1. The van der Waals surface area contributed by atoms with Crippen LogP contribution in [-0.2, 0) is 4.79 Å². The number of furan rings is 1. The van der Waals surface area contributed by atoms with E-state index in [0.717, 1.165) is 0 Å². The average Bonchev–Trinajstić information content (AvgIpc) is 3.14. The Hall–Kier alpha value is -3.51. The van der Waals surface area contributed by atoms with Gasteiger partial charge in [-0.25, -0.2) is 0 Å². The standard InChI is InChI=1S/C23H15ClO6/c1-11-2-7-17(29-11)14-8-19(26)30-18-9-16(25)21-22(27)15(10-28-23(21)20(14)18)12-3-5-13(24)6-4-12/h2-7,9-10,14,25H,8H2,1H3. The predicted molar refractivity (Wildman–Crippen MR) is 110 cm³/mol. The first-order valence-electron chi connectivity index (χ1n) is 9.26. The molecule has 1 aliphatic heterocycles. The zero-order valence-corrected chi connectivity index (χ0v) is 16.5. The molecule has 1 N–H and O–H groups in total. The first kappa shape index (κ1) is 18.5. The van der Waals surface area contributed by atoms with Crippen molar-refractivity contribution in [3.8, 4) is 22.6 Å². The fourth-order valence-electron chi connectivity index (χ4n) is 3.84. The minimum absolute atomic E-state index is 0.0208. The van der Waals surface area contributed by atoms with Gasteiger partial charge < -0.3 is 18.7 Å². The van der Waals surface area contributed by atoms with Crippen LogP contribution in [0.25, 0.3) is 22.1 Å². The number of phenolic OH excluding ortho intramolecular Hbond substituents is 1. The lowest BCUT2D eigenvalue weighted by atomic mass is 9.88. The maximum Gasteiger partial charge on any atom is 0.312 e. The van der Waals surface area contributed by atoms with Crippen LogP contribution < -0.4 is 10.2 Å². The van der Waals surface area contributed by atoms with Gasteiger partial charge in [-0.1, -0.05) is 23.7 Å². The number of carbonyl (C=O) groups excluding carboxylic acids is 1. The number of benzene rings is 2. The quantitative estimate of drug-likeness (QED) is 0.354. The number of halogens is 1. The van der Waals surface area contributed by atoms with E-state index in [1.165, 1.54) is 12.3 Å². The van der Waals surface area contributed by atoms with E-state index in [1.54, 1.807) is 43.3 Å². The second-order valence-electron chi connectivity index (χ2n) is 7.18. The number of fused-ring (bicyclic) bond motifs is 3. The zero-order valence-electron chi connectivity index (χ0n) is 15.8. The molecule has 0 amide bonds. The predicted octanol–water partition coefficient (Wildman–Crippen LogP) is 5.16. The number of aryl methyl sites for hydroxylation is 1. The zero-order chi connectivity index (χ0) is 21.0. The van der Waals surface area contributed by atoms with Crippen molar-refractivity contribution in [3.05, 3.63) is 81.1 Å². The van der Waals surface area contributed by atoms with Crippen LogP contribution in [0.2, 0.25) is 5.02 Å². The summed E-state index contributed by atoms with van der Waals surface area (Å²) in [5.74, 6) is 0.125. The summed E-state index contributed by atoms with van der Waals surface area (Å²) in [7, 11) is 0. The summed E-state index contributed by atoms with van der Waals surface area (Å²) < 4.78 is 16.9. The Morgan fingerprint density at radius 3 is 2.57 bits per heavy atom. The molecule has 2 aromatic carbocycles. The highest BCUT2D eigenvalue weighted by Crippen LogP contribution is 2.45. The van der Waals surface area contributed by atoms with Crippen molar-refractivity contribution in [2.75, 3.05) is 0 Å². The highest BCUT2D eigenvalue weighted by molar-refractivity contribution is 6.30. The smallest absolute Gasteiger partial charge is 0.312 e. The number of esters is 1. The molecule has 3 heterocycles. The molecule has 1 unspecified atom stereocenters. The topological polar surface area (TPSA) is 89.9 Å². The fourth-order valence-corrected chi connectivity index (χ4v) is 3.97. The molecule has 1 aliphatic rings. The van der Waals surface area contributed by atoms with Gasteiger partial charge in [0.15, 0.2) is 0 Å². The summed E-state index contributed by atoms with van der Waals surface area (Å²) in [6.45, 7) is 1.80. The number of hydrogen-bond donors (Lipinski definition) is 1. The molecule has 0 fully saturated rings. The molecule has 0 radical (unpaired) electrons. The van der Waals surface area contributed by atoms with Crippen LogP contribution in [0, 0.1) is 6.92 Å². The van der Waals surface area contributed by atoms with E-state index in [0.29, 0.717) is 27.7 Å². The van der Waals surface area contributed by atoms with Gasteiger partial charge in [0, 0.05) is 16.7 Å². The van der Waals surface area contributed by atoms with Crippen molar-refractivity contribution in [2.24, 2.45) is 0 Å². The van der Waals surface area contributed by atoms with Crippen LogP contribution >= 0.6 is 11.6 Å². The highest BCUT2D eigenvalue weighted by atomic mass is 35.5. The van der Waals surface area contributed by atoms with Gasteiger partial charge in [0.2, 0.25) is 5.43 Å². The Balaban J connectivity index is 1.78. The Labute approximate surface area is 175 Å². The van der Waals surface area contributed by atoms with Gasteiger partial charge in [-0.2, -0.15) is 0 Å². The molecule has 0 bridgehead atoms. The Morgan fingerprint density at radius 1 is 1.10 bits per heavy atom. The van der Waals surface area contributed by atoms with Crippen LogP contribution in [0.15, 0.2) is 62.4 Å². The number of rotatable bonds is 2. The summed E-state index contributed by atoms with van der Waals surface area (Å²) in [5.41, 5.74) is 1.16. The Kier molecular flexibility index (Phi) is 4.18. The van der Waals surface area contributed by atoms with Gasteiger partial charge in [-0.3, -0.25) is 9.59 Å². The lowest BCUT2D eigenvalue weighted by molar-refractivity contribution is -0.135. The number of hydrogen-bond acceptors (Lipinski definition) is 6. The van der Waals surface area contributed by atoms with Crippen LogP contribution in [0.4, 0.5) is 0 Å². The first-order valence-corrected chi connectivity index (χ1v) is 9.64. The SMILES string of the molecule is Cc1ccc(C2CC(=O)Oc3cc(O)c4c(=O)c(-c5ccc(Cl)cc5)coc4c32)o1. The van der Waals surface area contributed by atoms with E-state index < -0.39 is 17.3 Å². The van der Waals surface area contributed by atoms with Crippen molar-refractivity contribution >= 4 is 28.5 Å². The van der Waals surface area contributed by atoms with Gasteiger partial charge in [0.25, 0.3) is 0 Å². The third kappa shape index (κ3) is 2.88. The van der Waals surface area contributed by atoms with Crippen molar-refractivity contribution in [1.82, 2.24) is 0 Å². The molecule has 5 rings (SSSR count). The lowest BCUT2D eigenvalue weighted by Gasteiger charge is -2.24. The van der Waals surface area contributed by atoms with Gasteiger partial charge in [0.05, 0.1) is 17.9 Å². The molecule has 2 aromatic heterocycles. The molecule has 150 valence electrons. The molecule has 30 heavy (non-hydrogen) atoms. The summed E-state index contributed by atoms with van der Waals surface area (Å²) >= 11 is 5.93. The Morgan fingerprint density at radius 2 is 1.87 bits per heavy atom. The minimum Gasteiger partial charge on any atom is -0.507 e. The van der Waals surface area contributed by atoms with Crippen LogP contribution in [0.5, 0.6) is 11.5 Å². The fraction of sp³-hybridized carbons (Fsp3) is 0.130.